The predicted molar refractivity (Wildman–Crippen MR) is 95.9 cm³/mol. The number of aromatic nitrogens is 2. The molecule has 3 aromatic rings. The number of aromatic amines is 1. The first-order valence-electron chi connectivity index (χ1n) is 8.00. The highest BCUT2D eigenvalue weighted by atomic mass is 35.5. The molecule has 2 aromatic carbocycles. The van der Waals surface area contributed by atoms with Gasteiger partial charge in [0.1, 0.15) is 18.2 Å². The van der Waals surface area contributed by atoms with E-state index in [9.17, 15) is 4.79 Å². The number of carbonyl (C=O) groups excluding carboxylic acids is 1. The number of halogens is 1. The van der Waals surface area contributed by atoms with E-state index in [0.29, 0.717) is 23.9 Å². The number of benzene rings is 2. The minimum Gasteiger partial charge on any atom is -0.489 e. The van der Waals surface area contributed by atoms with E-state index in [1.807, 2.05) is 48.5 Å². The first kappa shape index (κ1) is 15.7. The van der Waals surface area contributed by atoms with Crippen molar-refractivity contribution in [2.75, 3.05) is 5.32 Å². The zero-order valence-corrected chi connectivity index (χ0v) is 14.1. The van der Waals surface area contributed by atoms with E-state index in [1.54, 1.807) is 6.20 Å². The lowest BCUT2D eigenvalue weighted by Gasteiger charge is -2.24. The Bertz CT molecular complexity index is 922. The summed E-state index contributed by atoms with van der Waals surface area (Å²) in [4.78, 5) is 12.0. The van der Waals surface area contributed by atoms with E-state index in [-0.39, 0.29) is 11.8 Å². The number of hydrogen-bond donors (Lipinski definition) is 2. The van der Waals surface area contributed by atoms with Gasteiger partial charge in [-0.25, -0.2) is 0 Å². The monoisotopic (exact) mass is 353 g/mol. The quantitative estimate of drug-likeness (QED) is 0.741. The largest absolute Gasteiger partial charge is 0.489 e. The standard InChI is InChI=1S/C19H16ClN3O2/c20-13-5-3-4-12(8-13)11-25-17-7-2-1-6-14(17)15-9-18(24)22-19-16(15)10-21-23-19/h1-8,10,15H,9,11H2,(H2,21,22,23,24). The van der Waals surface area contributed by atoms with Crippen LogP contribution in [0.1, 0.15) is 29.0 Å². The third-order valence-corrected chi connectivity index (χ3v) is 4.51. The van der Waals surface area contributed by atoms with Crippen LogP contribution in [0.4, 0.5) is 5.82 Å². The third-order valence-electron chi connectivity index (χ3n) is 4.28. The van der Waals surface area contributed by atoms with E-state index in [4.69, 9.17) is 16.3 Å². The molecule has 0 aliphatic carbocycles. The van der Waals surface area contributed by atoms with Crippen molar-refractivity contribution in [1.29, 1.82) is 0 Å². The molecule has 126 valence electrons. The molecule has 1 unspecified atom stereocenters. The van der Waals surface area contributed by atoms with E-state index < -0.39 is 0 Å². The van der Waals surface area contributed by atoms with Gasteiger partial charge in [0, 0.05) is 28.5 Å². The first-order valence-corrected chi connectivity index (χ1v) is 8.38. The van der Waals surface area contributed by atoms with Crippen LogP contribution in [0.15, 0.2) is 54.7 Å². The molecule has 1 aliphatic heterocycles. The van der Waals surface area contributed by atoms with Gasteiger partial charge in [-0.15, -0.1) is 0 Å². The van der Waals surface area contributed by atoms with E-state index in [0.717, 1.165) is 22.4 Å². The van der Waals surface area contributed by atoms with Gasteiger partial charge >= 0.3 is 0 Å². The number of nitrogens with one attached hydrogen (secondary N) is 2. The van der Waals surface area contributed by atoms with Gasteiger partial charge in [0.15, 0.2) is 0 Å². The van der Waals surface area contributed by atoms with Crippen molar-refractivity contribution < 1.29 is 9.53 Å². The molecule has 0 fully saturated rings. The third kappa shape index (κ3) is 3.23. The summed E-state index contributed by atoms with van der Waals surface area (Å²) in [6, 6.07) is 15.4. The second-order valence-electron chi connectivity index (χ2n) is 5.96. The van der Waals surface area contributed by atoms with Crippen LogP contribution in [0, 0.1) is 0 Å². The highest BCUT2D eigenvalue weighted by Crippen LogP contribution is 2.39. The van der Waals surface area contributed by atoms with Crippen molar-refractivity contribution >= 4 is 23.3 Å². The molecule has 0 bridgehead atoms. The lowest BCUT2D eigenvalue weighted by atomic mass is 9.87. The molecule has 5 nitrogen and oxygen atoms in total. The molecule has 1 aliphatic rings. The molecule has 0 saturated heterocycles. The van der Waals surface area contributed by atoms with Crippen molar-refractivity contribution in [1.82, 2.24) is 10.2 Å². The summed E-state index contributed by atoms with van der Waals surface area (Å²) >= 11 is 6.03. The summed E-state index contributed by atoms with van der Waals surface area (Å²) in [5.74, 6) is 1.30. The molecule has 1 aromatic heterocycles. The second-order valence-corrected chi connectivity index (χ2v) is 6.40. The molecule has 0 saturated carbocycles. The van der Waals surface area contributed by atoms with Gasteiger partial charge in [0.2, 0.25) is 5.91 Å². The van der Waals surface area contributed by atoms with E-state index in [1.165, 1.54) is 0 Å². The molecule has 1 atom stereocenters. The number of para-hydroxylation sites is 1. The molecule has 1 amide bonds. The van der Waals surface area contributed by atoms with Crippen molar-refractivity contribution in [2.45, 2.75) is 18.9 Å². The lowest BCUT2D eigenvalue weighted by Crippen LogP contribution is -2.23. The number of amides is 1. The molecule has 6 heteroatoms. The fourth-order valence-electron chi connectivity index (χ4n) is 3.11. The normalized spacial score (nSPS) is 16.2. The summed E-state index contributed by atoms with van der Waals surface area (Å²) in [7, 11) is 0. The maximum Gasteiger partial charge on any atom is 0.226 e. The Morgan fingerprint density at radius 3 is 2.92 bits per heavy atom. The van der Waals surface area contributed by atoms with Gasteiger partial charge < -0.3 is 10.1 Å². The SMILES string of the molecule is O=C1CC(c2ccccc2OCc2cccc(Cl)c2)c2cn[nH]c2N1. The minimum absolute atomic E-state index is 0.0357. The lowest BCUT2D eigenvalue weighted by molar-refractivity contribution is -0.116. The fourth-order valence-corrected chi connectivity index (χ4v) is 3.32. The number of rotatable bonds is 4. The number of nitrogens with zero attached hydrogens (tertiary/aromatic N) is 1. The van der Waals surface area contributed by atoms with Crippen molar-refractivity contribution in [3.05, 3.63) is 76.4 Å². The zero-order valence-electron chi connectivity index (χ0n) is 13.3. The smallest absolute Gasteiger partial charge is 0.226 e. The van der Waals surface area contributed by atoms with Gasteiger partial charge in [0.05, 0.1) is 6.20 Å². The van der Waals surface area contributed by atoms with Gasteiger partial charge in [-0.05, 0) is 23.8 Å². The topological polar surface area (TPSA) is 67.0 Å². The van der Waals surface area contributed by atoms with E-state index >= 15 is 0 Å². The predicted octanol–water partition coefficient (Wildman–Crippen LogP) is 4.12. The average Bonchev–Trinajstić information content (AvgIpc) is 3.08. The molecule has 2 N–H and O–H groups in total. The Morgan fingerprint density at radius 1 is 1.16 bits per heavy atom. The summed E-state index contributed by atoms with van der Waals surface area (Å²) in [6.45, 7) is 0.411. The van der Waals surface area contributed by atoms with Crippen molar-refractivity contribution in [3.63, 3.8) is 0 Å². The number of anilines is 1. The summed E-state index contributed by atoms with van der Waals surface area (Å²) in [5, 5.41) is 10.4. The summed E-state index contributed by atoms with van der Waals surface area (Å²) < 4.78 is 6.04. The van der Waals surface area contributed by atoms with Crippen molar-refractivity contribution in [3.8, 4) is 5.75 Å². The Hall–Kier alpha value is -2.79. The maximum atomic E-state index is 12.0. The van der Waals surface area contributed by atoms with Crippen LogP contribution in [0.2, 0.25) is 5.02 Å². The molecule has 0 radical (unpaired) electrons. The van der Waals surface area contributed by atoms with Gasteiger partial charge in [-0.1, -0.05) is 41.9 Å². The molecule has 4 rings (SSSR count). The van der Waals surface area contributed by atoms with Gasteiger partial charge in [-0.3, -0.25) is 9.89 Å². The molecule has 0 spiro atoms. The number of fused-ring (bicyclic) bond motifs is 1. The number of ether oxygens (including phenoxy) is 1. The Balaban J connectivity index is 1.63. The van der Waals surface area contributed by atoms with Crippen LogP contribution in [0.5, 0.6) is 5.75 Å². The minimum atomic E-state index is -0.0851. The molecule has 2 heterocycles. The van der Waals surface area contributed by atoms with Crippen LogP contribution in [-0.4, -0.2) is 16.1 Å². The van der Waals surface area contributed by atoms with Crippen LogP contribution >= 0.6 is 11.6 Å². The number of hydrogen-bond acceptors (Lipinski definition) is 3. The molecular formula is C19H16ClN3O2. The fraction of sp³-hybridized carbons (Fsp3) is 0.158. The second kappa shape index (κ2) is 6.61. The summed E-state index contributed by atoms with van der Waals surface area (Å²) in [6.07, 6.45) is 2.12. The first-order chi connectivity index (χ1) is 12.2. The highest BCUT2D eigenvalue weighted by molar-refractivity contribution is 6.30. The average molecular weight is 354 g/mol. The van der Waals surface area contributed by atoms with Crippen LogP contribution < -0.4 is 10.1 Å². The van der Waals surface area contributed by atoms with Crippen molar-refractivity contribution in [2.24, 2.45) is 0 Å². The molecule has 25 heavy (non-hydrogen) atoms. The van der Waals surface area contributed by atoms with Crippen LogP contribution in [0.25, 0.3) is 0 Å². The van der Waals surface area contributed by atoms with Gasteiger partial charge in [0.25, 0.3) is 0 Å². The van der Waals surface area contributed by atoms with E-state index in [2.05, 4.69) is 15.5 Å². The highest BCUT2D eigenvalue weighted by Gasteiger charge is 2.29. The Labute approximate surface area is 150 Å². The number of carbonyl (C=O) groups is 1. The maximum absolute atomic E-state index is 12.0. The zero-order chi connectivity index (χ0) is 17.2. The Kier molecular flexibility index (Phi) is 4.15. The Morgan fingerprint density at radius 2 is 2.04 bits per heavy atom. The summed E-state index contributed by atoms with van der Waals surface area (Å²) in [5.41, 5.74) is 2.94. The van der Waals surface area contributed by atoms with Gasteiger partial charge in [-0.2, -0.15) is 5.10 Å². The number of H-pyrrole nitrogens is 1. The molecular weight excluding hydrogens is 338 g/mol. The van der Waals surface area contributed by atoms with Crippen LogP contribution in [0.3, 0.4) is 0 Å². The van der Waals surface area contributed by atoms with Crippen LogP contribution in [-0.2, 0) is 11.4 Å².